The summed E-state index contributed by atoms with van der Waals surface area (Å²) in [5.74, 6) is 0.621. The highest BCUT2D eigenvalue weighted by atomic mass is 16.1. The SMILES string of the molecule is CN(C)N=C(c1ccccc1C(=O)c1ccccc1)n1ccnc1. The number of imidazole rings is 1. The van der Waals surface area contributed by atoms with Gasteiger partial charge in [0.15, 0.2) is 11.6 Å². The Morgan fingerprint density at radius 1 is 1.00 bits per heavy atom. The van der Waals surface area contributed by atoms with Gasteiger partial charge in [-0.2, -0.15) is 5.10 Å². The standard InChI is InChI=1S/C19H18N4O/c1-22(2)21-19(23-13-12-20-14-23)17-11-7-6-10-16(17)18(24)15-8-4-3-5-9-15/h3-14H,1-2H3. The monoisotopic (exact) mass is 318 g/mol. The fourth-order valence-corrected chi connectivity index (χ4v) is 2.44. The lowest BCUT2D eigenvalue weighted by molar-refractivity contribution is 0.103. The van der Waals surface area contributed by atoms with E-state index in [-0.39, 0.29) is 5.78 Å². The van der Waals surface area contributed by atoms with Gasteiger partial charge < -0.3 is 5.01 Å². The van der Waals surface area contributed by atoms with Crippen LogP contribution >= 0.6 is 0 Å². The molecular formula is C19H18N4O. The van der Waals surface area contributed by atoms with E-state index in [9.17, 15) is 4.79 Å². The summed E-state index contributed by atoms with van der Waals surface area (Å²) < 4.78 is 1.80. The van der Waals surface area contributed by atoms with E-state index in [1.54, 1.807) is 22.1 Å². The summed E-state index contributed by atoms with van der Waals surface area (Å²) in [4.78, 5) is 17.0. The second-order valence-corrected chi connectivity index (χ2v) is 5.48. The maximum atomic E-state index is 12.9. The first kappa shape index (κ1) is 15.7. The molecule has 0 spiro atoms. The Labute approximate surface area is 140 Å². The minimum absolute atomic E-state index is 0.0298. The molecule has 5 nitrogen and oxygen atoms in total. The van der Waals surface area contributed by atoms with Crippen molar-refractivity contribution < 1.29 is 4.79 Å². The van der Waals surface area contributed by atoms with Crippen LogP contribution in [0.4, 0.5) is 0 Å². The van der Waals surface area contributed by atoms with Crippen LogP contribution in [0.25, 0.3) is 0 Å². The van der Waals surface area contributed by atoms with Crippen LogP contribution in [0.5, 0.6) is 0 Å². The molecule has 2 aromatic carbocycles. The highest BCUT2D eigenvalue weighted by Crippen LogP contribution is 2.17. The number of carbonyl (C=O) groups is 1. The predicted molar refractivity (Wildman–Crippen MR) is 94.2 cm³/mol. The normalized spacial score (nSPS) is 11.3. The molecule has 5 heteroatoms. The van der Waals surface area contributed by atoms with Gasteiger partial charge in [-0.3, -0.25) is 9.36 Å². The van der Waals surface area contributed by atoms with Crippen LogP contribution in [-0.2, 0) is 0 Å². The van der Waals surface area contributed by atoms with Crippen molar-refractivity contribution in [2.45, 2.75) is 0 Å². The molecule has 0 N–H and O–H groups in total. The number of hydrogen-bond donors (Lipinski definition) is 0. The second-order valence-electron chi connectivity index (χ2n) is 5.48. The first-order valence-electron chi connectivity index (χ1n) is 7.60. The molecule has 1 heterocycles. The summed E-state index contributed by atoms with van der Waals surface area (Å²) in [6, 6.07) is 16.7. The van der Waals surface area contributed by atoms with Gasteiger partial charge in [0.1, 0.15) is 6.33 Å². The Morgan fingerprint density at radius 2 is 1.67 bits per heavy atom. The molecule has 3 rings (SSSR count). The molecule has 0 bridgehead atoms. The van der Waals surface area contributed by atoms with Gasteiger partial charge in [0.25, 0.3) is 0 Å². The first-order valence-corrected chi connectivity index (χ1v) is 7.60. The number of hydrazone groups is 1. The summed E-state index contributed by atoms with van der Waals surface area (Å²) in [7, 11) is 3.69. The Morgan fingerprint density at radius 3 is 2.29 bits per heavy atom. The van der Waals surface area contributed by atoms with Crippen molar-refractivity contribution in [3.63, 3.8) is 0 Å². The fourth-order valence-electron chi connectivity index (χ4n) is 2.44. The van der Waals surface area contributed by atoms with Gasteiger partial charge >= 0.3 is 0 Å². The number of nitrogens with zero attached hydrogens (tertiary/aromatic N) is 4. The molecule has 0 unspecified atom stereocenters. The van der Waals surface area contributed by atoms with Crippen molar-refractivity contribution in [2.24, 2.45) is 5.10 Å². The molecule has 0 aliphatic rings. The van der Waals surface area contributed by atoms with Crippen LogP contribution in [-0.4, -0.2) is 40.3 Å². The third-order valence-electron chi connectivity index (χ3n) is 3.49. The van der Waals surface area contributed by atoms with Gasteiger partial charge in [-0.1, -0.05) is 54.6 Å². The number of rotatable bonds is 4. The molecular weight excluding hydrogens is 300 g/mol. The summed E-state index contributed by atoms with van der Waals surface area (Å²) in [6.07, 6.45) is 5.17. The fraction of sp³-hybridized carbons (Fsp3) is 0.105. The van der Waals surface area contributed by atoms with E-state index in [0.29, 0.717) is 17.0 Å². The predicted octanol–water partition coefficient (Wildman–Crippen LogP) is 2.89. The third-order valence-corrected chi connectivity index (χ3v) is 3.49. The van der Waals surface area contributed by atoms with Crippen molar-refractivity contribution in [2.75, 3.05) is 14.1 Å². The lowest BCUT2D eigenvalue weighted by Gasteiger charge is -2.15. The Bertz CT molecular complexity index is 852. The van der Waals surface area contributed by atoms with Gasteiger partial charge in [-0.15, -0.1) is 0 Å². The van der Waals surface area contributed by atoms with Gasteiger partial charge in [-0.05, 0) is 0 Å². The quantitative estimate of drug-likeness (QED) is 0.322. The molecule has 0 aliphatic carbocycles. The number of aromatic nitrogens is 2. The van der Waals surface area contributed by atoms with Crippen molar-refractivity contribution in [1.29, 1.82) is 0 Å². The zero-order valence-corrected chi connectivity index (χ0v) is 13.6. The molecule has 24 heavy (non-hydrogen) atoms. The average Bonchev–Trinajstić information content (AvgIpc) is 3.14. The lowest BCUT2D eigenvalue weighted by atomic mass is 9.97. The zero-order chi connectivity index (χ0) is 16.9. The van der Waals surface area contributed by atoms with E-state index >= 15 is 0 Å². The molecule has 0 fully saturated rings. The molecule has 0 aliphatic heterocycles. The summed E-state index contributed by atoms with van der Waals surface area (Å²) in [5, 5.41) is 6.25. The number of benzene rings is 2. The molecule has 3 aromatic rings. The van der Waals surface area contributed by atoms with E-state index in [1.165, 1.54) is 0 Å². The number of ketones is 1. The summed E-state index contributed by atoms with van der Waals surface area (Å²) in [6.45, 7) is 0. The minimum atomic E-state index is -0.0298. The van der Waals surface area contributed by atoms with Crippen LogP contribution < -0.4 is 0 Å². The molecule has 0 saturated heterocycles. The number of hydrogen-bond acceptors (Lipinski definition) is 4. The van der Waals surface area contributed by atoms with Crippen molar-refractivity contribution in [3.05, 3.63) is 90.0 Å². The van der Waals surface area contributed by atoms with Gasteiger partial charge in [-0.25, -0.2) is 4.98 Å². The van der Waals surface area contributed by atoms with E-state index < -0.39 is 0 Å². The molecule has 0 atom stereocenters. The molecule has 0 saturated carbocycles. The minimum Gasteiger partial charge on any atom is -0.301 e. The van der Waals surface area contributed by atoms with Crippen LogP contribution in [0, 0.1) is 0 Å². The highest BCUT2D eigenvalue weighted by molar-refractivity contribution is 6.16. The van der Waals surface area contributed by atoms with E-state index in [4.69, 9.17) is 0 Å². The number of carbonyl (C=O) groups excluding carboxylic acids is 1. The van der Waals surface area contributed by atoms with E-state index in [2.05, 4.69) is 10.1 Å². The maximum Gasteiger partial charge on any atom is 0.193 e. The molecule has 0 amide bonds. The summed E-state index contributed by atoms with van der Waals surface area (Å²) >= 11 is 0. The largest absolute Gasteiger partial charge is 0.301 e. The molecule has 1 aromatic heterocycles. The van der Waals surface area contributed by atoms with Gasteiger partial charge in [0.2, 0.25) is 0 Å². The third kappa shape index (κ3) is 3.25. The topological polar surface area (TPSA) is 50.5 Å². The second kappa shape index (κ2) is 6.91. The lowest BCUT2D eigenvalue weighted by Crippen LogP contribution is -2.20. The van der Waals surface area contributed by atoms with Crippen LogP contribution in [0.2, 0.25) is 0 Å². The first-order chi connectivity index (χ1) is 11.7. The van der Waals surface area contributed by atoms with E-state index in [0.717, 1.165) is 5.56 Å². The maximum absolute atomic E-state index is 12.9. The molecule has 120 valence electrons. The van der Waals surface area contributed by atoms with Crippen LogP contribution in [0.1, 0.15) is 21.5 Å². The summed E-state index contributed by atoms with van der Waals surface area (Å²) in [5.41, 5.74) is 2.02. The highest BCUT2D eigenvalue weighted by Gasteiger charge is 2.18. The Balaban J connectivity index is 2.13. The van der Waals surface area contributed by atoms with Crippen LogP contribution in [0.3, 0.4) is 0 Å². The Kier molecular flexibility index (Phi) is 4.52. The average molecular weight is 318 g/mol. The smallest absolute Gasteiger partial charge is 0.193 e. The van der Waals surface area contributed by atoms with Crippen molar-refractivity contribution in [3.8, 4) is 0 Å². The van der Waals surface area contributed by atoms with Crippen LogP contribution in [0.15, 0.2) is 78.4 Å². The molecule has 0 radical (unpaired) electrons. The van der Waals surface area contributed by atoms with Gasteiger partial charge in [0, 0.05) is 43.2 Å². The Hall–Kier alpha value is -3.21. The van der Waals surface area contributed by atoms with Crippen molar-refractivity contribution in [1.82, 2.24) is 14.6 Å². The van der Waals surface area contributed by atoms with Gasteiger partial charge in [0.05, 0.1) is 0 Å². The zero-order valence-electron chi connectivity index (χ0n) is 13.6. The van der Waals surface area contributed by atoms with E-state index in [1.807, 2.05) is 74.9 Å². The van der Waals surface area contributed by atoms with Crippen molar-refractivity contribution >= 4 is 11.6 Å².